The predicted molar refractivity (Wildman–Crippen MR) is 97.0 cm³/mol. The Labute approximate surface area is 135 Å². The van der Waals surface area contributed by atoms with E-state index in [1.54, 1.807) is 0 Å². The zero-order valence-corrected chi connectivity index (χ0v) is 17.0. The average Bonchev–Trinajstić information content (AvgIpc) is 2.31. The van der Waals surface area contributed by atoms with Gasteiger partial charge < -0.3 is 19.1 Å². The molecule has 0 bridgehead atoms. The van der Waals surface area contributed by atoms with Crippen molar-refractivity contribution in [1.29, 1.82) is 0 Å². The summed E-state index contributed by atoms with van der Waals surface area (Å²) in [6.45, 7) is 12.5. The smallest absolute Gasteiger partial charge is 0.163 e. The Hall–Kier alpha value is 0.0569. The minimum Gasteiger partial charge on any atom is -0.419 e. The van der Waals surface area contributed by atoms with E-state index < -0.39 is 0 Å². The average molecular weight is 318 g/mol. The first-order chi connectivity index (χ1) is 9.70. The van der Waals surface area contributed by atoms with Gasteiger partial charge in [0.15, 0.2) is 9.76 Å². The maximum absolute atomic E-state index is 5.96. The van der Waals surface area contributed by atoms with Gasteiger partial charge >= 0.3 is 0 Å². The molecule has 0 heterocycles. The van der Waals surface area contributed by atoms with E-state index in [1.807, 2.05) is 0 Å². The molecule has 4 nitrogen and oxygen atoms in total. The molecule has 0 atom stereocenters. The van der Waals surface area contributed by atoms with Gasteiger partial charge in [0.05, 0.1) is 0 Å². The Kier molecular flexibility index (Phi) is 11.6. The van der Waals surface area contributed by atoms with E-state index in [0.29, 0.717) is 0 Å². The van der Waals surface area contributed by atoms with Crippen molar-refractivity contribution < 1.29 is 4.43 Å². The summed E-state index contributed by atoms with van der Waals surface area (Å²) in [5.41, 5.74) is 0.0485. The third-order valence-corrected chi connectivity index (χ3v) is 4.99. The third-order valence-electron chi connectivity index (χ3n) is 3.31. The normalized spacial score (nSPS) is 13.4. The van der Waals surface area contributed by atoms with E-state index in [0.717, 1.165) is 0 Å². The van der Waals surface area contributed by atoms with Crippen molar-refractivity contribution in [1.82, 2.24) is 14.7 Å². The molecule has 0 aliphatic carbocycles. The molecule has 5 heteroatoms. The molecule has 21 heavy (non-hydrogen) atoms. The van der Waals surface area contributed by atoms with Crippen molar-refractivity contribution in [3.8, 4) is 0 Å². The van der Waals surface area contributed by atoms with Gasteiger partial charge in [-0.25, -0.2) is 0 Å². The van der Waals surface area contributed by atoms with Crippen molar-refractivity contribution in [2.24, 2.45) is 0 Å². The second-order valence-electron chi connectivity index (χ2n) is 7.47. The first-order valence-electron chi connectivity index (χ1n) is 8.36. The topological polar surface area (TPSA) is 19.0 Å². The number of rotatable bonds is 12. The minimum absolute atomic E-state index is 0.0485. The molecule has 0 saturated heterocycles. The van der Waals surface area contributed by atoms with Crippen LogP contribution in [0.3, 0.4) is 0 Å². The third kappa shape index (κ3) is 16.3. The lowest BCUT2D eigenvalue weighted by atomic mass is 10.2. The highest BCUT2D eigenvalue weighted by molar-refractivity contribution is 6.27. The predicted octanol–water partition coefficient (Wildman–Crippen LogP) is 1.51. The van der Waals surface area contributed by atoms with Crippen LogP contribution in [0.15, 0.2) is 0 Å². The highest BCUT2D eigenvalue weighted by Gasteiger charge is 2.10. The van der Waals surface area contributed by atoms with E-state index in [9.17, 15) is 0 Å². The molecule has 0 N–H and O–H groups in total. The Balaban J connectivity index is 3.93. The van der Waals surface area contributed by atoms with Gasteiger partial charge in [-0.15, -0.1) is 0 Å². The summed E-state index contributed by atoms with van der Waals surface area (Å²) in [6, 6.07) is 1.27. The molecule has 0 aliphatic heterocycles. The van der Waals surface area contributed by atoms with Crippen LogP contribution in [0.2, 0.25) is 6.04 Å². The molecule has 0 fully saturated rings. The molecule has 0 saturated carbocycles. The van der Waals surface area contributed by atoms with Crippen LogP contribution in [0.4, 0.5) is 0 Å². The summed E-state index contributed by atoms with van der Waals surface area (Å²) in [5, 5.41) is 0. The molecule has 0 spiro atoms. The van der Waals surface area contributed by atoms with E-state index in [4.69, 9.17) is 4.43 Å². The molecule has 0 radical (unpaired) electrons. The lowest BCUT2D eigenvalue weighted by Crippen LogP contribution is -2.32. The quantitative estimate of drug-likeness (QED) is 0.401. The van der Waals surface area contributed by atoms with Gasteiger partial charge in [0.25, 0.3) is 0 Å². The zero-order valence-electron chi connectivity index (χ0n) is 15.6. The number of hydrogen-bond acceptors (Lipinski definition) is 4. The van der Waals surface area contributed by atoms with E-state index in [2.05, 4.69) is 63.7 Å². The van der Waals surface area contributed by atoms with Crippen LogP contribution in [0.5, 0.6) is 0 Å². The molecule has 0 amide bonds. The summed E-state index contributed by atoms with van der Waals surface area (Å²) >= 11 is 0. The molecule has 0 aromatic rings. The van der Waals surface area contributed by atoms with Crippen molar-refractivity contribution in [3.05, 3.63) is 0 Å². The molecular formula is C16H39N3OSi. The highest BCUT2D eigenvalue weighted by Crippen LogP contribution is 2.06. The van der Waals surface area contributed by atoms with E-state index in [-0.39, 0.29) is 15.4 Å². The van der Waals surface area contributed by atoms with Gasteiger partial charge in [0, 0.05) is 5.60 Å². The van der Waals surface area contributed by atoms with Crippen LogP contribution in [0.1, 0.15) is 33.6 Å². The van der Waals surface area contributed by atoms with Gasteiger partial charge in [-0.3, -0.25) is 0 Å². The van der Waals surface area contributed by atoms with Crippen LogP contribution < -0.4 is 0 Å². The summed E-state index contributed by atoms with van der Waals surface area (Å²) in [6.07, 6.45) is 2.52. The van der Waals surface area contributed by atoms with Gasteiger partial charge in [-0.1, -0.05) is 0 Å². The van der Waals surface area contributed by atoms with Gasteiger partial charge in [0.2, 0.25) is 0 Å². The lowest BCUT2D eigenvalue weighted by molar-refractivity contribution is 0.136. The molecule has 0 aliphatic rings. The van der Waals surface area contributed by atoms with Crippen molar-refractivity contribution in [3.63, 3.8) is 0 Å². The summed E-state index contributed by atoms with van der Waals surface area (Å²) in [5.74, 6) is 0. The maximum Gasteiger partial charge on any atom is 0.163 e. The van der Waals surface area contributed by atoms with E-state index in [1.165, 1.54) is 51.6 Å². The fraction of sp³-hybridized carbons (Fsp3) is 1.00. The standard InChI is InChI=1S/C16H39N3OSi/c1-16(2,3)20-21-15-14-19(12-8-10-17(4)5)13-9-11-18(6)7/h8-15,21H2,1-7H3. The fourth-order valence-corrected chi connectivity index (χ4v) is 3.56. The van der Waals surface area contributed by atoms with Crippen LogP contribution >= 0.6 is 0 Å². The fourth-order valence-electron chi connectivity index (χ4n) is 2.22. The van der Waals surface area contributed by atoms with Gasteiger partial charge in [-0.05, 0) is 101 Å². The van der Waals surface area contributed by atoms with Crippen LogP contribution in [-0.2, 0) is 4.43 Å². The molecular weight excluding hydrogens is 278 g/mol. The largest absolute Gasteiger partial charge is 0.419 e. The second-order valence-corrected chi connectivity index (χ2v) is 8.87. The van der Waals surface area contributed by atoms with Gasteiger partial charge in [0.1, 0.15) is 0 Å². The zero-order chi connectivity index (χ0) is 16.3. The van der Waals surface area contributed by atoms with Crippen molar-refractivity contribution in [2.45, 2.75) is 45.3 Å². The van der Waals surface area contributed by atoms with E-state index >= 15 is 0 Å². The van der Waals surface area contributed by atoms with Gasteiger partial charge in [-0.2, -0.15) is 0 Å². The Morgan fingerprint density at radius 3 is 1.62 bits per heavy atom. The summed E-state index contributed by atoms with van der Waals surface area (Å²) < 4.78 is 5.96. The minimum atomic E-state index is -0.376. The molecule has 0 aromatic heterocycles. The molecule has 0 aromatic carbocycles. The van der Waals surface area contributed by atoms with Crippen molar-refractivity contribution in [2.75, 3.05) is 60.9 Å². The Bertz CT molecular complexity index is 228. The SMILES string of the molecule is CN(C)CCCN(CCCN(C)C)CC[SiH2]OC(C)(C)C. The van der Waals surface area contributed by atoms with Crippen LogP contribution in [0.25, 0.3) is 0 Å². The first-order valence-corrected chi connectivity index (χ1v) is 9.94. The Morgan fingerprint density at radius 2 is 1.24 bits per heavy atom. The molecule has 0 unspecified atom stereocenters. The second kappa shape index (κ2) is 11.6. The maximum atomic E-state index is 5.96. The van der Waals surface area contributed by atoms with Crippen molar-refractivity contribution >= 4 is 9.76 Å². The monoisotopic (exact) mass is 317 g/mol. The summed E-state index contributed by atoms with van der Waals surface area (Å²) in [4.78, 5) is 7.18. The summed E-state index contributed by atoms with van der Waals surface area (Å²) in [7, 11) is 8.24. The first kappa shape index (κ1) is 21.1. The molecule has 128 valence electrons. The van der Waals surface area contributed by atoms with Crippen LogP contribution in [0, 0.1) is 0 Å². The highest BCUT2D eigenvalue weighted by atomic mass is 28.2. The molecule has 0 rings (SSSR count). The number of nitrogens with zero attached hydrogens (tertiary/aromatic N) is 3. The van der Waals surface area contributed by atoms with Crippen LogP contribution in [-0.4, -0.2) is 91.0 Å². The number of hydrogen-bond donors (Lipinski definition) is 0. The Morgan fingerprint density at radius 1 is 0.762 bits per heavy atom. The lowest BCUT2D eigenvalue weighted by Gasteiger charge is -2.25.